The molecule has 2 fully saturated rings. The lowest BCUT2D eigenvalue weighted by atomic mass is 10.2. The fraction of sp³-hybridized carbons (Fsp3) is 1.00. The fourth-order valence-corrected chi connectivity index (χ4v) is 2.16. The first kappa shape index (κ1) is 6.66. The van der Waals surface area contributed by atoms with E-state index in [1.807, 2.05) is 0 Å². The van der Waals surface area contributed by atoms with Crippen molar-refractivity contribution in [2.75, 3.05) is 0 Å². The summed E-state index contributed by atoms with van der Waals surface area (Å²) in [7, 11) is 0. The van der Waals surface area contributed by atoms with Gasteiger partial charge in [-0.3, -0.25) is 0 Å². The average Bonchev–Trinajstić information content (AvgIpc) is 2.39. The van der Waals surface area contributed by atoms with Gasteiger partial charge in [-0.05, 0) is 44.9 Å². The molecule has 0 aliphatic heterocycles. The van der Waals surface area contributed by atoms with Crippen LogP contribution in [0.25, 0.3) is 0 Å². The van der Waals surface area contributed by atoms with Crippen molar-refractivity contribution >= 4 is 0 Å². The van der Waals surface area contributed by atoms with Gasteiger partial charge in [0.25, 0.3) is 0 Å². The van der Waals surface area contributed by atoms with Gasteiger partial charge in [0.1, 0.15) is 0 Å². The fourth-order valence-electron chi connectivity index (χ4n) is 2.16. The van der Waals surface area contributed by atoms with E-state index in [4.69, 9.17) is 4.74 Å². The number of hydrogen-bond donors (Lipinski definition) is 0. The lowest BCUT2D eigenvalue weighted by Crippen LogP contribution is -2.15. The van der Waals surface area contributed by atoms with E-state index >= 15 is 0 Å². The zero-order chi connectivity index (χ0) is 7.14. The molecule has 3 atom stereocenters. The highest BCUT2D eigenvalue weighted by Gasteiger charge is 2.46. The largest absolute Gasteiger partial charge is 0.376 e. The minimum Gasteiger partial charge on any atom is -0.376 e. The van der Waals surface area contributed by atoms with Crippen molar-refractivity contribution in [2.24, 2.45) is 11.8 Å². The van der Waals surface area contributed by atoms with Crippen LogP contribution in [0.3, 0.4) is 0 Å². The zero-order valence-corrected chi connectivity index (χ0v) is 6.84. The van der Waals surface area contributed by atoms with Crippen molar-refractivity contribution in [3.8, 4) is 0 Å². The van der Waals surface area contributed by atoms with Crippen molar-refractivity contribution < 1.29 is 4.74 Å². The second-order valence-electron chi connectivity index (χ2n) is 4.03. The predicted octanol–water partition coefficient (Wildman–Crippen LogP) is 2.21. The third kappa shape index (κ3) is 1.20. The van der Waals surface area contributed by atoms with Gasteiger partial charge < -0.3 is 4.74 Å². The molecule has 1 nitrogen and oxygen atoms in total. The van der Waals surface area contributed by atoms with Gasteiger partial charge in [-0.1, -0.05) is 0 Å². The number of ether oxygens (including phenoxy) is 1. The van der Waals surface area contributed by atoms with E-state index < -0.39 is 0 Å². The first-order valence-electron chi connectivity index (χ1n) is 4.41. The summed E-state index contributed by atoms with van der Waals surface area (Å²) in [6.45, 7) is 4.26. The summed E-state index contributed by atoms with van der Waals surface area (Å²) in [4.78, 5) is 0. The molecule has 1 heteroatoms. The van der Waals surface area contributed by atoms with Gasteiger partial charge >= 0.3 is 0 Å². The highest BCUT2D eigenvalue weighted by molar-refractivity contribution is 4.96. The normalized spacial score (nSPS) is 44.1. The Labute approximate surface area is 62.8 Å². The predicted molar refractivity (Wildman–Crippen MR) is 40.8 cm³/mol. The lowest BCUT2D eigenvalue weighted by molar-refractivity contribution is 0.00570. The van der Waals surface area contributed by atoms with Crippen molar-refractivity contribution in [3.63, 3.8) is 0 Å². The Morgan fingerprint density at radius 2 is 1.70 bits per heavy atom. The van der Waals surface area contributed by atoms with Crippen LogP contribution in [0.5, 0.6) is 0 Å². The molecule has 10 heavy (non-hydrogen) atoms. The molecule has 0 aromatic carbocycles. The quantitative estimate of drug-likeness (QED) is 0.571. The number of hydrogen-bond acceptors (Lipinski definition) is 1. The van der Waals surface area contributed by atoms with Gasteiger partial charge in [-0.25, -0.2) is 0 Å². The van der Waals surface area contributed by atoms with E-state index in [0.717, 1.165) is 11.8 Å². The minimum atomic E-state index is 0.433. The molecule has 0 aromatic heterocycles. The molecule has 0 spiro atoms. The smallest absolute Gasteiger partial charge is 0.0584 e. The molecule has 0 radical (unpaired) electrons. The van der Waals surface area contributed by atoms with E-state index in [9.17, 15) is 0 Å². The molecule has 2 aliphatic rings. The van der Waals surface area contributed by atoms with E-state index in [1.54, 1.807) is 0 Å². The number of rotatable bonds is 2. The molecule has 0 N–H and O–H groups in total. The first-order chi connectivity index (χ1) is 4.75. The maximum atomic E-state index is 5.71. The molecule has 0 heterocycles. The first-order valence-corrected chi connectivity index (χ1v) is 4.41. The van der Waals surface area contributed by atoms with Crippen LogP contribution < -0.4 is 0 Å². The van der Waals surface area contributed by atoms with Gasteiger partial charge in [0, 0.05) is 0 Å². The second-order valence-corrected chi connectivity index (χ2v) is 4.03. The van der Waals surface area contributed by atoms with E-state index in [-0.39, 0.29) is 0 Å². The molecule has 2 saturated carbocycles. The third-order valence-corrected chi connectivity index (χ3v) is 2.66. The molecular weight excluding hydrogens is 124 g/mol. The highest BCUT2D eigenvalue weighted by atomic mass is 16.5. The van der Waals surface area contributed by atoms with Crippen molar-refractivity contribution in [1.29, 1.82) is 0 Å². The molecule has 2 aliphatic carbocycles. The molecular formula is C9H16O. The summed E-state index contributed by atoms with van der Waals surface area (Å²) in [5.41, 5.74) is 0. The van der Waals surface area contributed by atoms with E-state index in [0.29, 0.717) is 12.2 Å². The van der Waals surface area contributed by atoms with Gasteiger partial charge in [-0.2, -0.15) is 0 Å². The summed E-state index contributed by atoms with van der Waals surface area (Å²) in [5.74, 6) is 2.12. The summed E-state index contributed by atoms with van der Waals surface area (Å²) >= 11 is 0. The standard InChI is InChI=1S/C9H16O/c1-6(2)10-9-4-7-3-8(7)5-9/h6-9H,3-5H2,1-2H3/t7-,8?,9?/m1/s1. The Morgan fingerprint density at radius 3 is 2.20 bits per heavy atom. The molecule has 58 valence electrons. The minimum absolute atomic E-state index is 0.433. The van der Waals surface area contributed by atoms with Gasteiger partial charge in [-0.15, -0.1) is 0 Å². The molecule has 0 aromatic rings. The van der Waals surface area contributed by atoms with Crippen LogP contribution in [-0.2, 0) is 4.74 Å². The maximum Gasteiger partial charge on any atom is 0.0584 e. The Morgan fingerprint density at radius 1 is 1.10 bits per heavy atom. The lowest BCUT2D eigenvalue weighted by Gasteiger charge is -2.15. The van der Waals surface area contributed by atoms with Crippen LogP contribution in [0, 0.1) is 11.8 Å². The third-order valence-electron chi connectivity index (χ3n) is 2.66. The van der Waals surface area contributed by atoms with Crippen LogP contribution in [0.1, 0.15) is 33.1 Å². The van der Waals surface area contributed by atoms with Crippen molar-refractivity contribution in [2.45, 2.75) is 45.3 Å². The van der Waals surface area contributed by atoms with Crippen LogP contribution in [-0.4, -0.2) is 12.2 Å². The Hall–Kier alpha value is -0.0400. The van der Waals surface area contributed by atoms with Crippen LogP contribution >= 0.6 is 0 Å². The van der Waals surface area contributed by atoms with Crippen molar-refractivity contribution in [1.82, 2.24) is 0 Å². The summed E-state index contributed by atoms with van der Waals surface area (Å²) in [5, 5.41) is 0. The van der Waals surface area contributed by atoms with Gasteiger partial charge in [0.05, 0.1) is 12.2 Å². The number of fused-ring (bicyclic) bond motifs is 1. The Kier molecular flexibility index (Phi) is 1.48. The zero-order valence-electron chi connectivity index (χ0n) is 6.84. The molecule has 0 amide bonds. The molecule has 0 bridgehead atoms. The summed E-state index contributed by atoms with van der Waals surface area (Å²) in [6.07, 6.45) is 5.25. The highest BCUT2D eigenvalue weighted by Crippen LogP contribution is 2.52. The monoisotopic (exact) mass is 140 g/mol. The summed E-state index contributed by atoms with van der Waals surface area (Å²) in [6, 6.07) is 0. The molecule has 0 saturated heterocycles. The Balaban J connectivity index is 1.76. The molecule has 2 rings (SSSR count). The van der Waals surface area contributed by atoms with Gasteiger partial charge in [0.15, 0.2) is 0 Å². The average molecular weight is 140 g/mol. The SMILES string of the molecule is CC(C)OC1CC2C[C@@H]2C1. The Bertz CT molecular complexity index is 121. The van der Waals surface area contributed by atoms with Gasteiger partial charge in [0.2, 0.25) is 0 Å². The van der Waals surface area contributed by atoms with E-state index in [2.05, 4.69) is 13.8 Å². The van der Waals surface area contributed by atoms with Crippen LogP contribution in [0.15, 0.2) is 0 Å². The van der Waals surface area contributed by atoms with Crippen molar-refractivity contribution in [3.05, 3.63) is 0 Å². The second kappa shape index (κ2) is 2.23. The van der Waals surface area contributed by atoms with E-state index in [1.165, 1.54) is 19.3 Å². The van der Waals surface area contributed by atoms with Crippen LogP contribution in [0.2, 0.25) is 0 Å². The van der Waals surface area contributed by atoms with Crippen LogP contribution in [0.4, 0.5) is 0 Å². The topological polar surface area (TPSA) is 9.23 Å². The molecule has 2 unspecified atom stereocenters. The maximum absolute atomic E-state index is 5.71. The summed E-state index contributed by atoms with van der Waals surface area (Å²) < 4.78 is 5.71.